The standard InChI is InChI=1S/C25H23ClN4OS/c1-18-12-13-21(26)15-22(18)30-23(16-27-24(31)14-19-8-4-2-5-9-19)28-29-25(30)32-17-20-10-6-3-7-11-20/h2-13,15H,14,16-17H2,1H3,(H,27,31). The average molecular weight is 463 g/mol. The van der Waals surface area contributed by atoms with E-state index in [1.807, 2.05) is 78.2 Å². The van der Waals surface area contributed by atoms with Gasteiger partial charge in [-0.25, -0.2) is 0 Å². The van der Waals surface area contributed by atoms with E-state index >= 15 is 0 Å². The fourth-order valence-electron chi connectivity index (χ4n) is 3.32. The number of hydrogen-bond donors (Lipinski definition) is 1. The Morgan fingerprint density at radius 1 is 0.969 bits per heavy atom. The van der Waals surface area contributed by atoms with Gasteiger partial charge in [0.25, 0.3) is 0 Å². The van der Waals surface area contributed by atoms with E-state index in [1.54, 1.807) is 11.8 Å². The predicted molar refractivity (Wildman–Crippen MR) is 129 cm³/mol. The van der Waals surface area contributed by atoms with Crippen molar-refractivity contribution in [2.75, 3.05) is 0 Å². The largest absolute Gasteiger partial charge is 0.348 e. The summed E-state index contributed by atoms with van der Waals surface area (Å²) in [5.41, 5.74) is 4.13. The molecule has 0 atom stereocenters. The Kier molecular flexibility index (Phi) is 7.24. The van der Waals surface area contributed by atoms with E-state index in [0.717, 1.165) is 27.7 Å². The zero-order valence-corrected chi connectivity index (χ0v) is 19.2. The number of hydrogen-bond acceptors (Lipinski definition) is 4. The molecule has 5 nitrogen and oxygen atoms in total. The fourth-order valence-corrected chi connectivity index (χ4v) is 4.40. The minimum atomic E-state index is -0.0629. The fraction of sp³-hybridized carbons (Fsp3) is 0.160. The Hall–Kier alpha value is -3.09. The number of aryl methyl sites for hydroxylation is 1. The number of carbonyl (C=O) groups excluding carboxylic acids is 1. The van der Waals surface area contributed by atoms with Crippen molar-refractivity contribution < 1.29 is 4.79 Å². The lowest BCUT2D eigenvalue weighted by Gasteiger charge is -2.14. The number of nitrogens with zero attached hydrogens (tertiary/aromatic N) is 3. The molecule has 0 saturated carbocycles. The summed E-state index contributed by atoms with van der Waals surface area (Å²) >= 11 is 7.90. The van der Waals surface area contributed by atoms with Crippen LogP contribution in [0.1, 0.15) is 22.5 Å². The van der Waals surface area contributed by atoms with Crippen LogP contribution in [-0.4, -0.2) is 20.7 Å². The molecule has 7 heteroatoms. The van der Waals surface area contributed by atoms with Gasteiger partial charge in [0.15, 0.2) is 11.0 Å². The van der Waals surface area contributed by atoms with Crippen molar-refractivity contribution in [2.45, 2.75) is 30.8 Å². The molecule has 0 unspecified atom stereocenters. The van der Waals surface area contributed by atoms with Gasteiger partial charge < -0.3 is 5.32 Å². The number of benzene rings is 3. The molecule has 0 aliphatic carbocycles. The van der Waals surface area contributed by atoms with E-state index in [4.69, 9.17) is 11.6 Å². The first kappa shape index (κ1) is 22.1. The maximum absolute atomic E-state index is 12.5. The van der Waals surface area contributed by atoms with Crippen LogP contribution in [-0.2, 0) is 23.5 Å². The van der Waals surface area contributed by atoms with Gasteiger partial charge in [-0.15, -0.1) is 10.2 Å². The molecule has 0 aliphatic heterocycles. The Morgan fingerprint density at radius 2 is 1.66 bits per heavy atom. The van der Waals surface area contributed by atoms with E-state index in [9.17, 15) is 4.79 Å². The first-order chi connectivity index (χ1) is 15.6. The smallest absolute Gasteiger partial charge is 0.224 e. The van der Waals surface area contributed by atoms with Crippen LogP contribution in [0, 0.1) is 6.92 Å². The van der Waals surface area contributed by atoms with Crippen LogP contribution in [0.25, 0.3) is 5.69 Å². The third-order valence-electron chi connectivity index (χ3n) is 4.97. The first-order valence-corrected chi connectivity index (χ1v) is 11.6. The highest BCUT2D eigenvalue weighted by Gasteiger charge is 2.17. The summed E-state index contributed by atoms with van der Waals surface area (Å²) in [5, 5.41) is 13.2. The van der Waals surface area contributed by atoms with E-state index in [0.29, 0.717) is 17.3 Å². The number of carbonyl (C=O) groups is 1. The molecule has 1 amide bonds. The van der Waals surface area contributed by atoms with Crippen molar-refractivity contribution >= 4 is 29.3 Å². The second kappa shape index (κ2) is 10.5. The van der Waals surface area contributed by atoms with Crippen LogP contribution in [0.5, 0.6) is 0 Å². The number of amides is 1. The van der Waals surface area contributed by atoms with E-state index in [2.05, 4.69) is 27.6 Å². The molecule has 0 spiro atoms. The quantitative estimate of drug-likeness (QED) is 0.357. The second-order valence-corrected chi connectivity index (χ2v) is 8.76. The second-order valence-electron chi connectivity index (χ2n) is 7.38. The molecule has 4 aromatic rings. The van der Waals surface area contributed by atoms with Gasteiger partial charge in [0.2, 0.25) is 5.91 Å². The van der Waals surface area contributed by atoms with Gasteiger partial charge >= 0.3 is 0 Å². The molecular formula is C25H23ClN4OS. The summed E-state index contributed by atoms with van der Waals surface area (Å²) in [6.45, 7) is 2.30. The molecule has 0 aliphatic rings. The summed E-state index contributed by atoms with van der Waals surface area (Å²) in [5.74, 6) is 1.36. The zero-order valence-electron chi connectivity index (χ0n) is 17.7. The highest BCUT2D eigenvalue weighted by Crippen LogP contribution is 2.28. The van der Waals surface area contributed by atoms with Gasteiger partial charge in [-0.05, 0) is 35.7 Å². The number of rotatable bonds is 8. The lowest BCUT2D eigenvalue weighted by atomic mass is 10.1. The van der Waals surface area contributed by atoms with Crippen molar-refractivity contribution in [3.63, 3.8) is 0 Å². The van der Waals surface area contributed by atoms with E-state index < -0.39 is 0 Å². The molecule has 162 valence electrons. The Bertz CT molecular complexity index is 1200. The van der Waals surface area contributed by atoms with Gasteiger partial charge in [-0.1, -0.05) is 90.1 Å². The van der Waals surface area contributed by atoms with Crippen LogP contribution in [0.3, 0.4) is 0 Å². The van der Waals surface area contributed by atoms with Crippen molar-refractivity contribution in [2.24, 2.45) is 0 Å². The SMILES string of the molecule is Cc1ccc(Cl)cc1-n1c(CNC(=O)Cc2ccccc2)nnc1SCc1ccccc1. The van der Waals surface area contributed by atoms with Gasteiger partial charge in [-0.2, -0.15) is 0 Å². The van der Waals surface area contributed by atoms with Crippen molar-refractivity contribution in [3.05, 3.63) is 106 Å². The Balaban J connectivity index is 1.56. The molecule has 0 bridgehead atoms. The van der Waals surface area contributed by atoms with Crippen molar-refractivity contribution in [3.8, 4) is 5.69 Å². The first-order valence-electron chi connectivity index (χ1n) is 10.3. The summed E-state index contributed by atoms with van der Waals surface area (Å²) in [4.78, 5) is 12.5. The van der Waals surface area contributed by atoms with E-state index in [-0.39, 0.29) is 12.5 Å². The normalized spacial score (nSPS) is 10.8. The lowest BCUT2D eigenvalue weighted by molar-refractivity contribution is -0.120. The maximum atomic E-state index is 12.5. The molecule has 0 radical (unpaired) electrons. The molecule has 1 N–H and O–H groups in total. The van der Waals surface area contributed by atoms with Crippen LogP contribution < -0.4 is 5.32 Å². The third kappa shape index (κ3) is 5.58. The van der Waals surface area contributed by atoms with Crippen LogP contribution in [0.15, 0.2) is 84.0 Å². The molecular weight excluding hydrogens is 440 g/mol. The lowest BCUT2D eigenvalue weighted by Crippen LogP contribution is -2.26. The van der Waals surface area contributed by atoms with Crippen LogP contribution >= 0.6 is 23.4 Å². The molecule has 3 aromatic carbocycles. The molecule has 1 aromatic heterocycles. The summed E-state index contributed by atoms with van der Waals surface area (Å²) in [6, 6.07) is 25.6. The zero-order chi connectivity index (χ0) is 22.3. The number of aromatic nitrogens is 3. The van der Waals surface area contributed by atoms with Crippen LogP contribution in [0.2, 0.25) is 5.02 Å². The molecule has 0 fully saturated rings. The molecule has 4 rings (SSSR count). The minimum Gasteiger partial charge on any atom is -0.348 e. The minimum absolute atomic E-state index is 0.0629. The van der Waals surface area contributed by atoms with Gasteiger partial charge in [0.1, 0.15) is 0 Å². The Labute approximate surface area is 196 Å². The predicted octanol–water partition coefficient (Wildman–Crippen LogP) is 5.38. The Morgan fingerprint density at radius 3 is 2.38 bits per heavy atom. The number of thioether (sulfide) groups is 1. The topological polar surface area (TPSA) is 59.8 Å². The molecule has 32 heavy (non-hydrogen) atoms. The summed E-state index contributed by atoms with van der Waals surface area (Å²) < 4.78 is 1.98. The van der Waals surface area contributed by atoms with Gasteiger partial charge in [-0.3, -0.25) is 9.36 Å². The summed E-state index contributed by atoms with van der Waals surface area (Å²) in [7, 11) is 0. The van der Waals surface area contributed by atoms with Gasteiger partial charge in [0, 0.05) is 10.8 Å². The van der Waals surface area contributed by atoms with Crippen LogP contribution in [0.4, 0.5) is 0 Å². The van der Waals surface area contributed by atoms with Crippen molar-refractivity contribution in [1.29, 1.82) is 0 Å². The monoisotopic (exact) mass is 462 g/mol. The number of halogens is 1. The van der Waals surface area contributed by atoms with Gasteiger partial charge in [0.05, 0.1) is 18.7 Å². The van der Waals surface area contributed by atoms with E-state index in [1.165, 1.54) is 5.56 Å². The molecule has 0 saturated heterocycles. The summed E-state index contributed by atoms with van der Waals surface area (Å²) in [6.07, 6.45) is 0.320. The average Bonchev–Trinajstić information content (AvgIpc) is 3.22. The highest BCUT2D eigenvalue weighted by molar-refractivity contribution is 7.98. The highest BCUT2D eigenvalue weighted by atomic mass is 35.5. The maximum Gasteiger partial charge on any atom is 0.224 e. The number of nitrogens with one attached hydrogen (secondary N) is 1. The molecule has 1 heterocycles. The van der Waals surface area contributed by atoms with Crippen molar-refractivity contribution in [1.82, 2.24) is 20.1 Å². The third-order valence-corrected chi connectivity index (χ3v) is 6.21.